The number of halogens is 4. The average Bonchev–Trinajstić information content (AvgIpc) is 1.61. The molecule has 0 bridgehead atoms. The van der Waals surface area contributed by atoms with Crippen LogP contribution in [0.25, 0.3) is 0 Å². The van der Waals surface area contributed by atoms with Crippen LogP contribution in [0.1, 0.15) is 0 Å². The highest BCUT2D eigenvalue weighted by molar-refractivity contribution is 7.76. The standard InChI is InChI=1S/C2H3ClF3NS/c3-2(4)1-7-8(5)6/h2H,1H2. The smallest absolute Gasteiger partial charge is 0.228 e. The van der Waals surface area contributed by atoms with E-state index in [-0.39, 0.29) is 0 Å². The van der Waals surface area contributed by atoms with E-state index in [1.807, 2.05) is 0 Å². The maximum Gasteiger partial charge on any atom is 0.261 e. The van der Waals surface area contributed by atoms with Crippen molar-refractivity contribution in [2.75, 3.05) is 6.54 Å². The lowest BCUT2D eigenvalue weighted by Crippen LogP contribution is -1.92. The van der Waals surface area contributed by atoms with Gasteiger partial charge in [-0.1, -0.05) is 11.6 Å². The van der Waals surface area contributed by atoms with Gasteiger partial charge in [0, 0.05) is 0 Å². The summed E-state index contributed by atoms with van der Waals surface area (Å²) in [5.41, 5.74) is -1.78. The minimum atomic E-state index is -3.04. The average molecular weight is 166 g/mol. The van der Waals surface area contributed by atoms with Gasteiger partial charge in [-0.3, -0.25) is 0 Å². The van der Waals surface area contributed by atoms with E-state index in [0.717, 1.165) is 0 Å². The lowest BCUT2D eigenvalue weighted by atomic mass is 10.8. The molecule has 0 aromatic carbocycles. The first-order valence-electron chi connectivity index (χ1n) is 1.65. The molecule has 0 rings (SSSR count). The largest absolute Gasteiger partial charge is 0.261 e. The molecule has 0 spiro atoms. The topological polar surface area (TPSA) is 12.4 Å². The van der Waals surface area contributed by atoms with Gasteiger partial charge in [0.05, 0.1) is 6.54 Å². The zero-order valence-electron chi connectivity index (χ0n) is 3.65. The Hall–Kier alpha value is 0.230. The molecule has 0 saturated heterocycles. The molecule has 0 radical (unpaired) electrons. The van der Waals surface area contributed by atoms with Crippen LogP contribution >= 0.6 is 11.6 Å². The minimum absolute atomic E-state index is 0.627. The van der Waals surface area contributed by atoms with E-state index in [2.05, 4.69) is 16.0 Å². The zero-order chi connectivity index (χ0) is 6.57. The summed E-state index contributed by atoms with van der Waals surface area (Å²) in [6, 6.07) is 0. The molecule has 0 N–H and O–H groups in total. The van der Waals surface area contributed by atoms with Gasteiger partial charge in [-0.25, -0.2) is 8.75 Å². The first-order chi connectivity index (χ1) is 3.63. The number of rotatable bonds is 2. The first-order valence-corrected chi connectivity index (χ1v) is 3.07. The van der Waals surface area contributed by atoms with E-state index < -0.39 is 23.6 Å². The van der Waals surface area contributed by atoms with Crippen molar-refractivity contribution < 1.29 is 12.2 Å². The molecule has 50 valence electrons. The molecule has 0 aromatic rings. The van der Waals surface area contributed by atoms with Crippen LogP contribution in [0.4, 0.5) is 12.2 Å². The van der Waals surface area contributed by atoms with E-state index in [1.54, 1.807) is 0 Å². The van der Waals surface area contributed by atoms with Crippen molar-refractivity contribution in [3.63, 3.8) is 0 Å². The van der Waals surface area contributed by atoms with Gasteiger partial charge in [0.25, 0.3) is 11.5 Å². The Bertz CT molecular complexity index is 91.3. The number of nitrogens with zero attached hydrogens (tertiary/aromatic N) is 1. The molecule has 0 saturated carbocycles. The molecule has 0 aliphatic rings. The maximum atomic E-state index is 11.4. The number of hydrogen-bond donors (Lipinski definition) is 0. The summed E-state index contributed by atoms with van der Waals surface area (Å²) in [5.74, 6) is 0. The van der Waals surface area contributed by atoms with E-state index >= 15 is 0 Å². The second-order valence-corrected chi connectivity index (χ2v) is 2.02. The van der Waals surface area contributed by atoms with Crippen molar-refractivity contribution in [2.45, 2.75) is 5.63 Å². The van der Waals surface area contributed by atoms with Gasteiger partial charge >= 0.3 is 0 Å². The van der Waals surface area contributed by atoms with Gasteiger partial charge in [-0.05, 0) is 0 Å². The molecular formula is C2H3ClF3NS. The molecule has 8 heavy (non-hydrogen) atoms. The summed E-state index contributed by atoms with van der Waals surface area (Å²) in [7, 11) is 0. The van der Waals surface area contributed by atoms with Crippen LogP contribution in [0.3, 0.4) is 0 Å². The Morgan fingerprint density at radius 1 is 1.62 bits per heavy atom. The minimum Gasteiger partial charge on any atom is -0.228 e. The van der Waals surface area contributed by atoms with Crippen LogP contribution in [-0.2, 0) is 11.5 Å². The van der Waals surface area contributed by atoms with Crippen molar-refractivity contribution in [1.82, 2.24) is 0 Å². The third-order valence-corrected chi connectivity index (χ3v) is 0.792. The van der Waals surface area contributed by atoms with Crippen molar-refractivity contribution in [3.05, 3.63) is 0 Å². The third kappa shape index (κ3) is 6.23. The molecule has 0 amide bonds. The highest BCUT2D eigenvalue weighted by Gasteiger charge is 1.97. The molecule has 0 aromatic heterocycles. The van der Waals surface area contributed by atoms with Crippen LogP contribution in [0.2, 0.25) is 0 Å². The number of alkyl halides is 2. The lowest BCUT2D eigenvalue weighted by molar-refractivity contribution is 0.453. The van der Waals surface area contributed by atoms with Crippen molar-refractivity contribution >= 4 is 23.1 Å². The fourth-order valence-corrected chi connectivity index (χ4v) is 0.507. The fourth-order valence-electron chi connectivity index (χ4n) is 0.113. The number of hydrogen-bond acceptors (Lipinski definition) is 1. The second-order valence-electron chi connectivity index (χ2n) is 0.899. The fraction of sp³-hybridized carbons (Fsp3) is 1.00. The predicted molar refractivity (Wildman–Crippen MR) is 27.6 cm³/mol. The third-order valence-electron chi connectivity index (χ3n) is 0.310. The zero-order valence-corrected chi connectivity index (χ0v) is 5.22. The Morgan fingerprint density at radius 2 is 2.12 bits per heavy atom. The highest BCUT2D eigenvalue weighted by atomic mass is 35.5. The van der Waals surface area contributed by atoms with E-state index in [1.165, 1.54) is 0 Å². The van der Waals surface area contributed by atoms with Crippen LogP contribution < -0.4 is 0 Å². The summed E-state index contributed by atoms with van der Waals surface area (Å²) < 4.78 is 36.0. The van der Waals surface area contributed by atoms with Crippen molar-refractivity contribution in [1.29, 1.82) is 0 Å². The Labute approximate surface area is 52.5 Å². The van der Waals surface area contributed by atoms with E-state index in [0.29, 0.717) is 0 Å². The van der Waals surface area contributed by atoms with Crippen molar-refractivity contribution in [2.24, 2.45) is 4.36 Å². The van der Waals surface area contributed by atoms with Crippen molar-refractivity contribution in [3.8, 4) is 0 Å². The summed E-state index contributed by atoms with van der Waals surface area (Å²) in [5, 5.41) is 0. The molecule has 1 atom stereocenters. The lowest BCUT2D eigenvalue weighted by Gasteiger charge is -1.87. The highest BCUT2D eigenvalue weighted by Crippen LogP contribution is 1.99. The molecule has 1 nitrogen and oxygen atoms in total. The molecule has 0 aliphatic carbocycles. The quantitative estimate of drug-likeness (QED) is 0.556. The molecule has 0 fully saturated rings. The van der Waals surface area contributed by atoms with Gasteiger partial charge in [-0.15, -0.1) is 7.77 Å². The second kappa shape index (κ2) is 4.14. The Morgan fingerprint density at radius 3 is 2.25 bits per heavy atom. The summed E-state index contributed by atoms with van der Waals surface area (Å²) >= 11 is 1.60. The molecule has 0 aliphatic heterocycles. The summed E-state index contributed by atoms with van der Waals surface area (Å²) in [6.07, 6.45) is 0. The van der Waals surface area contributed by atoms with Crippen LogP contribution in [-0.4, -0.2) is 12.2 Å². The molecular weight excluding hydrogens is 163 g/mol. The van der Waals surface area contributed by atoms with Gasteiger partial charge in [-0.2, -0.15) is 0 Å². The first kappa shape index (κ1) is 8.23. The van der Waals surface area contributed by atoms with Gasteiger partial charge < -0.3 is 0 Å². The monoisotopic (exact) mass is 165 g/mol. The van der Waals surface area contributed by atoms with Crippen LogP contribution in [0, 0.1) is 0 Å². The van der Waals surface area contributed by atoms with Gasteiger partial charge in [0.2, 0.25) is 0 Å². The normalized spacial score (nSPS) is 14.1. The summed E-state index contributed by atoms with van der Waals surface area (Å²) in [4.78, 5) is 0. The SMILES string of the molecule is FC(Cl)CN=S(F)F. The predicted octanol–water partition coefficient (Wildman–Crippen LogP) is 2.09. The van der Waals surface area contributed by atoms with Crippen LogP contribution in [0.15, 0.2) is 4.36 Å². The van der Waals surface area contributed by atoms with Gasteiger partial charge in [0.15, 0.2) is 5.63 Å². The van der Waals surface area contributed by atoms with E-state index in [4.69, 9.17) is 0 Å². The molecule has 0 heterocycles. The molecule has 1 unspecified atom stereocenters. The Balaban J connectivity index is 3.29. The van der Waals surface area contributed by atoms with E-state index in [9.17, 15) is 12.2 Å². The van der Waals surface area contributed by atoms with Gasteiger partial charge in [0.1, 0.15) is 0 Å². The molecule has 6 heteroatoms. The maximum absolute atomic E-state index is 11.4. The van der Waals surface area contributed by atoms with Crippen LogP contribution in [0.5, 0.6) is 0 Å². The summed E-state index contributed by atoms with van der Waals surface area (Å²) in [6.45, 7) is -0.627. The Kier molecular flexibility index (Phi) is 4.26.